The van der Waals surface area contributed by atoms with Crippen LogP contribution in [0.1, 0.15) is 59.8 Å². The molecule has 0 bridgehead atoms. The van der Waals surface area contributed by atoms with Crippen LogP contribution in [0.2, 0.25) is 0 Å². The number of hydrogen-bond acceptors (Lipinski definition) is 4. The van der Waals surface area contributed by atoms with Gasteiger partial charge in [0.1, 0.15) is 5.69 Å². The number of likely N-dealkylation sites (tertiary alicyclic amines) is 1. The summed E-state index contributed by atoms with van der Waals surface area (Å²) in [6.45, 7) is 5.97. The van der Waals surface area contributed by atoms with Crippen LogP contribution in [0.5, 0.6) is 0 Å². The third-order valence-electron chi connectivity index (χ3n) is 5.82. The van der Waals surface area contributed by atoms with Crippen LogP contribution >= 0.6 is 12.4 Å². The zero-order chi connectivity index (χ0) is 19.2. The van der Waals surface area contributed by atoms with Gasteiger partial charge in [0.25, 0.3) is 5.91 Å². The summed E-state index contributed by atoms with van der Waals surface area (Å²) in [6, 6.07) is 10.8. The number of piperidine rings is 2. The molecule has 0 spiro atoms. The second-order valence-corrected chi connectivity index (χ2v) is 8.02. The average molecular weight is 418 g/mol. The molecule has 2 N–H and O–H groups in total. The van der Waals surface area contributed by atoms with Crippen LogP contribution in [0.3, 0.4) is 0 Å². The molecule has 29 heavy (non-hydrogen) atoms. The molecule has 1 atom stereocenters. The Morgan fingerprint density at radius 1 is 1.07 bits per heavy atom. The molecule has 7 heteroatoms. The third-order valence-corrected chi connectivity index (χ3v) is 5.82. The molecule has 2 aliphatic heterocycles. The zero-order valence-corrected chi connectivity index (χ0v) is 17.8. The molecule has 158 valence electrons. The van der Waals surface area contributed by atoms with E-state index < -0.39 is 0 Å². The van der Waals surface area contributed by atoms with Gasteiger partial charge in [0, 0.05) is 25.8 Å². The molecular weight excluding hydrogens is 386 g/mol. The summed E-state index contributed by atoms with van der Waals surface area (Å²) in [5, 5.41) is 10.9. The van der Waals surface area contributed by atoms with Crippen molar-refractivity contribution in [1.82, 2.24) is 25.3 Å². The minimum Gasteiger partial charge on any atom is -0.347 e. The number of halogens is 1. The summed E-state index contributed by atoms with van der Waals surface area (Å²) >= 11 is 0. The van der Waals surface area contributed by atoms with Crippen molar-refractivity contribution in [1.29, 1.82) is 0 Å². The Balaban J connectivity index is 0.00000240. The lowest BCUT2D eigenvalue weighted by Crippen LogP contribution is -2.32. The summed E-state index contributed by atoms with van der Waals surface area (Å²) in [4.78, 5) is 15.0. The standard InChI is InChI=1S/C22H31N5O.ClH/c28-22(21-10-14-27(25-21)20-5-4-11-23-16-20)24-15-18-6-8-19(9-7-18)17-26-12-2-1-3-13-26;/h6-10,14,20,23H,1-5,11-13,15-17H2,(H,24,28);1H. The number of hydrogen-bond donors (Lipinski definition) is 2. The highest BCUT2D eigenvalue weighted by molar-refractivity contribution is 5.92. The first-order valence-electron chi connectivity index (χ1n) is 10.6. The Labute approximate surface area is 179 Å². The molecule has 6 nitrogen and oxygen atoms in total. The Morgan fingerprint density at radius 3 is 2.55 bits per heavy atom. The van der Waals surface area contributed by atoms with Gasteiger partial charge in [-0.3, -0.25) is 14.4 Å². The summed E-state index contributed by atoms with van der Waals surface area (Å²) in [5.41, 5.74) is 2.95. The predicted molar refractivity (Wildman–Crippen MR) is 117 cm³/mol. The maximum absolute atomic E-state index is 12.4. The number of amides is 1. The fourth-order valence-electron chi connectivity index (χ4n) is 4.13. The molecule has 2 fully saturated rings. The van der Waals surface area contributed by atoms with E-state index in [1.807, 2.05) is 16.9 Å². The molecule has 0 saturated carbocycles. The monoisotopic (exact) mass is 417 g/mol. The highest BCUT2D eigenvalue weighted by Crippen LogP contribution is 2.16. The summed E-state index contributed by atoms with van der Waals surface area (Å²) < 4.78 is 1.93. The molecule has 2 saturated heterocycles. The van der Waals surface area contributed by atoms with E-state index in [4.69, 9.17) is 0 Å². The zero-order valence-electron chi connectivity index (χ0n) is 17.0. The lowest BCUT2D eigenvalue weighted by Gasteiger charge is -2.26. The first-order valence-corrected chi connectivity index (χ1v) is 10.6. The first-order chi connectivity index (χ1) is 13.8. The number of benzene rings is 1. The molecule has 2 aliphatic rings. The Kier molecular flexibility index (Phi) is 8.09. The Morgan fingerprint density at radius 2 is 1.83 bits per heavy atom. The van der Waals surface area contributed by atoms with Crippen molar-refractivity contribution in [2.45, 2.75) is 51.2 Å². The van der Waals surface area contributed by atoms with Crippen LogP contribution in [-0.2, 0) is 13.1 Å². The number of aromatic nitrogens is 2. The van der Waals surface area contributed by atoms with Crippen molar-refractivity contribution in [3.8, 4) is 0 Å². The summed E-state index contributed by atoms with van der Waals surface area (Å²) in [6.07, 6.45) is 8.18. The van der Waals surface area contributed by atoms with Gasteiger partial charge in [-0.05, 0) is 62.5 Å². The summed E-state index contributed by atoms with van der Waals surface area (Å²) in [5.74, 6) is -0.111. The second kappa shape index (κ2) is 10.8. The normalized spacial score (nSPS) is 20.1. The molecule has 1 amide bonds. The van der Waals surface area contributed by atoms with E-state index >= 15 is 0 Å². The van der Waals surface area contributed by atoms with Gasteiger partial charge in [0.2, 0.25) is 0 Å². The van der Waals surface area contributed by atoms with Gasteiger partial charge in [-0.25, -0.2) is 0 Å². The minimum atomic E-state index is -0.111. The number of nitrogens with one attached hydrogen (secondary N) is 2. The van der Waals surface area contributed by atoms with Gasteiger partial charge >= 0.3 is 0 Å². The Bertz CT molecular complexity index is 764. The van der Waals surface area contributed by atoms with E-state index in [2.05, 4.69) is 44.9 Å². The Hall–Kier alpha value is -1.89. The van der Waals surface area contributed by atoms with Crippen LogP contribution in [0.25, 0.3) is 0 Å². The van der Waals surface area contributed by atoms with Crippen LogP contribution < -0.4 is 10.6 Å². The molecular formula is C22H32ClN5O. The van der Waals surface area contributed by atoms with Crippen LogP contribution in [0.15, 0.2) is 36.5 Å². The van der Waals surface area contributed by atoms with Gasteiger partial charge < -0.3 is 10.6 Å². The van der Waals surface area contributed by atoms with Crippen LogP contribution in [0.4, 0.5) is 0 Å². The maximum Gasteiger partial charge on any atom is 0.272 e. The fraction of sp³-hybridized carbons (Fsp3) is 0.545. The lowest BCUT2D eigenvalue weighted by atomic mass is 10.1. The van der Waals surface area contributed by atoms with Gasteiger partial charge in [-0.1, -0.05) is 30.7 Å². The predicted octanol–water partition coefficient (Wildman–Crippen LogP) is 3.15. The van der Waals surface area contributed by atoms with Gasteiger partial charge in [-0.2, -0.15) is 5.10 Å². The second-order valence-electron chi connectivity index (χ2n) is 8.02. The quantitative estimate of drug-likeness (QED) is 0.757. The number of carbonyl (C=O) groups excluding carboxylic acids is 1. The van der Waals surface area contributed by atoms with E-state index in [1.165, 1.54) is 37.9 Å². The van der Waals surface area contributed by atoms with Crippen molar-refractivity contribution < 1.29 is 4.79 Å². The molecule has 2 aromatic rings. The molecule has 0 radical (unpaired) electrons. The van der Waals surface area contributed by atoms with E-state index in [9.17, 15) is 4.79 Å². The van der Waals surface area contributed by atoms with Crippen LogP contribution in [0, 0.1) is 0 Å². The van der Waals surface area contributed by atoms with Crippen molar-refractivity contribution in [2.75, 3.05) is 26.2 Å². The van der Waals surface area contributed by atoms with Crippen molar-refractivity contribution in [2.24, 2.45) is 0 Å². The number of nitrogens with zero attached hydrogens (tertiary/aromatic N) is 3. The van der Waals surface area contributed by atoms with Crippen molar-refractivity contribution in [3.63, 3.8) is 0 Å². The number of rotatable bonds is 6. The molecule has 4 rings (SSSR count). The highest BCUT2D eigenvalue weighted by atomic mass is 35.5. The smallest absolute Gasteiger partial charge is 0.272 e. The summed E-state index contributed by atoms with van der Waals surface area (Å²) in [7, 11) is 0. The average Bonchev–Trinajstić information content (AvgIpc) is 3.25. The fourth-order valence-corrected chi connectivity index (χ4v) is 4.13. The SMILES string of the molecule is Cl.O=C(NCc1ccc(CN2CCCCC2)cc1)c1ccn(C2CCCNC2)n1. The highest BCUT2D eigenvalue weighted by Gasteiger charge is 2.17. The van der Waals surface area contributed by atoms with E-state index in [1.54, 1.807) is 0 Å². The van der Waals surface area contributed by atoms with Gasteiger partial charge in [-0.15, -0.1) is 12.4 Å². The van der Waals surface area contributed by atoms with Crippen molar-refractivity contribution >= 4 is 18.3 Å². The molecule has 1 aromatic heterocycles. The largest absolute Gasteiger partial charge is 0.347 e. The third kappa shape index (κ3) is 6.04. The van der Waals surface area contributed by atoms with Crippen LogP contribution in [-0.4, -0.2) is 46.8 Å². The van der Waals surface area contributed by atoms with E-state index in [0.717, 1.165) is 38.0 Å². The topological polar surface area (TPSA) is 62.2 Å². The van der Waals surface area contributed by atoms with E-state index in [0.29, 0.717) is 18.3 Å². The van der Waals surface area contributed by atoms with Gasteiger partial charge in [0.05, 0.1) is 6.04 Å². The number of carbonyl (C=O) groups is 1. The minimum absolute atomic E-state index is 0. The molecule has 1 aromatic carbocycles. The molecule has 1 unspecified atom stereocenters. The van der Waals surface area contributed by atoms with E-state index in [-0.39, 0.29) is 18.3 Å². The maximum atomic E-state index is 12.4. The van der Waals surface area contributed by atoms with Gasteiger partial charge in [0.15, 0.2) is 0 Å². The first kappa shape index (κ1) is 21.8. The molecule has 3 heterocycles. The lowest BCUT2D eigenvalue weighted by molar-refractivity contribution is 0.0944. The molecule has 0 aliphatic carbocycles. The van der Waals surface area contributed by atoms with Crippen molar-refractivity contribution in [3.05, 3.63) is 53.3 Å².